The molecule has 31 heavy (non-hydrogen) atoms. The predicted octanol–water partition coefficient (Wildman–Crippen LogP) is 3.69. The molecule has 0 aliphatic carbocycles. The molecule has 2 heterocycles. The highest BCUT2D eigenvalue weighted by Crippen LogP contribution is 2.40. The molecule has 2 aromatic carbocycles. The molecule has 1 unspecified atom stereocenters. The fourth-order valence-electron chi connectivity index (χ4n) is 3.55. The van der Waals surface area contributed by atoms with Crippen LogP contribution in [0.1, 0.15) is 18.5 Å². The first-order valence-corrected chi connectivity index (χ1v) is 9.42. The molecule has 10 nitrogen and oxygen atoms in total. The fraction of sp³-hybridized carbons (Fsp3) is 0.200. The molecule has 2 aliphatic heterocycles. The summed E-state index contributed by atoms with van der Waals surface area (Å²) in [6.07, 6.45) is 0. The highest BCUT2D eigenvalue weighted by atomic mass is 35.5. The summed E-state index contributed by atoms with van der Waals surface area (Å²) in [5.74, 6) is 0.321. The average Bonchev–Trinajstić information content (AvgIpc) is 3.21. The van der Waals surface area contributed by atoms with E-state index in [0.717, 1.165) is 0 Å². The van der Waals surface area contributed by atoms with Crippen LogP contribution in [0.4, 0.5) is 16.2 Å². The highest BCUT2D eigenvalue weighted by molar-refractivity contribution is 6.32. The Morgan fingerprint density at radius 1 is 1.26 bits per heavy atom. The minimum Gasteiger partial charge on any atom is -0.466 e. The van der Waals surface area contributed by atoms with Gasteiger partial charge in [0.15, 0.2) is 11.5 Å². The Morgan fingerprint density at radius 2 is 2.00 bits per heavy atom. The Morgan fingerprint density at radius 3 is 2.71 bits per heavy atom. The second-order valence-corrected chi connectivity index (χ2v) is 7.12. The second kappa shape index (κ2) is 7.80. The number of benzene rings is 2. The molecule has 0 saturated heterocycles. The van der Waals surface area contributed by atoms with Gasteiger partial charge >= 0.3 is 12.0 Å². The Bertz CT molecular complexity index is 1150. The van der Waals surface area contributed by atoms with E-state index in [-0.39, 0.29) is 23.1 Å². The number of rotatable bonds is 4. The second-order valence-electron chi connectivity index (χ2n) is 6.71. The third-order valence-corrected chi connectivity index (χ3v) is 5.32. The monoisotopic (exact) mass is 445 g/mol. The zero-order valence-corrected chi connectivity index (χ0v) is 17.1. The Hall–Kier alpha value is -3.79. The number of halogens is 1. The summed E-state index contributed by atoms with van der Waals surface area (Å²) >= 11 is 5.90. The largest absolute Gasteiger partial charge is 0.466 e. The summed E-state index contributed by atoms with van der Waals surface area (Å²) in [5, 5.41) is 14.0. The van der Waals surface area contributed by atoms with Crippen LogP contribution < -0.4 is 19.7 Å². The molecule has 0 bridgehead atoms. The van der Waals surface area contributed by atoms with Crippen LogP contribution in [0, 0.1) is 10.1 Å². The molecule has 0 fully saturated rings. The van der Waals surface area contributed by atoms with E-state index in [1.165, 1.54) is 30.2 Å². The number of amides is 2. The number of nitro benzene ring substituents is 1. The van der Waals surface area contributed by atoms with Crippen LogP contribution in [0.2, 0.25) is 5.02 Å². The van der Waals surface area contributed by atoms with E-state index in [0.29, 0.717) is 28.4 Å². The minimum atomic E-state index is -0.971. The Kier molecular flexibility index (Phi) is 5.15. The number of carbonyl (C=O) groups excluding carboxylic acids is 2. The van der Waals surface area contributed by atoms with Crippen molar-refractivity contribution in [2.75, 3.05) is 18.8 Å². The van der Waals surface area contributed by atoms with Crippen molar-refractivity contribution in [1.82, 2.24) is 5.32 Å². The molecule has 2 aliphatic rings. The lowest BCUT2D eigenvalue weighted by molar-refractivity contribution is -0.384. The number of allylic oxidation sites excluding steroid dienone is 1. The first-order chi connectivity index (χ1) is 14.8. The number of methoxy groups -OCH3 is 1. The lowest BCUT2D eigenvalue weighted by atomic mass is 9.94. The molecule has 2 aromatic rings. The number of anilines is 1. The molecule has 11 heteroatoms. The van der Waals surface area contributed by atoms with Crippen LogP contribution in [0.15, 0.2) is 47.7 Å². The van der Waals surface area contributed by atoms with Crippen LogP contribution in [0.3, 0.4) is 0 Å². The lowest BCUT2D eigenvalue weighted by Crippen LogP contribution is -2.48. The highest BCUT2D eigenvalue weighted by Gasteiger charge is 2.38. The van der Waals surface area contributed by atoms with Crippen molar-refractivity contribution in [3.63, 3.8) is 0 Å². The van der Waals surface area contributed by atoms with Gasteiger partial charge in [-0.15, -0.1) is 0 Å². The van der Waals surface area contributed by atoms with Gasteiger partial charge in [0.05, 0.1) is 29.3 Å². The van der Waals surface area contributed by atoms with E-state index in [9.17, 15) is 19.7 Å². The third-order valence-electron chi connectivity index (χ3n) is 5.00. The minimum absolute atomic E-state index is 0.0572. The molecule has 4 rings (SSSR count). The molecule has 0 spiro atoms. The first-order valence-electron chi connectivity index (χ1n) is 9.05. The number of hydrogen-bond acceptors (Lipinski definition) is 7. The van der Waals surface area contributed by atoms with E-state index in [1.807, 2.05) is 0 Å². The normalized spacial score (nSPS) is 17.5. The maximum atomic E-state index is 13.0. The number of fused-ring (bicyclic) bond motifs is 1. The van der Waals surface area contributed by atoms with E-state index in [2.05, 4.69) is 5.32 Å². The van der Waals surface area contributed by atoms with Crippen molar-refractivity contribution < 1.29 is 28.7 Å². The van der Waals surface area contributed by atoms with Gasteiger partial charge in [0, 0.05) is 17.8 Å². The Labute approximate surface area is 181 Å². The first kappa shape index (κ1) is 20.5. The van der Waals surface area contributed by atoms with E-state index in [4.69, 9.17) is 25.8 Å². The van der Waals surface area contributed by atoms with Crippen molar-refractivity contribution in [2.45, 2.75) is 13.0 Å². The van der Waals surface area contributed by atoms with Crippen LogP contribution >= 0.6 is 11.6 Å². The summed E-state index contributed by atoms with van der Waals surface area (Å²) in [6.45, 7) is 1.66. The number of urea groups is 1. The van der Waals surface area contributed by atoms with Crippen LogP contribution in [-0.4, -0.2) is 30.8 Å². The number of nitrogens with zero attached hydrogens (tertiary/aromatic N) is 2. The number of nitro groups is 1. The van der Waals surface area contributed by atoms with Gasteiger partial charge in [-0.2, -0.15) is 0 Å². The molecule has 0 aromatic heterocycles. The van der Waals surface area contributed by atoms with Crippen molar-refractivity contribution >= 4 is 35.0 Å². The third kappa shape index (κ3) is 3.50. The number of nitrogens with one attached hydrogen (secondary N) is 1. The van der Waals surface area contributed by atoms with Gasteiger partial charge in [-0.25, -0.2) is 9.59 Å². The maximum absolute atomic E-state index is 13.0. The van der Waals surface area contributed by atoms with Crippen LogP contribution in [0.5, 0.6) is 11.5 Å². The molecule has 2 amide bonds. The summed E-state index contributed by atoms with van der Waals surface area (Å²) in [6, 6.07) is 7.49. The molecule has 1 N–H and O–H groups in total. The summed E-state index contributed by atoms with van der Waals surface area (Å²) in [7, 11) is 1.21. The number of carbonyl (C=O) groups is 2. The van der Waals surface area contributed by atoms with Crippen molar-refractivity contribution in [3.05, 3.63) is 68.4 Å². The van der Waals surface area contributed by atoms with Crippen LogP contribution in [0.25, 0.3) is 0 Å². The summed E-state index contributed by atoms with van der Waals surface area (Å²) < 4.78 is 15.6. The molecule has 0 saturated carbocycles. The van der Waals surface area contributed by atoms with Gasteiger partial charge in [0.25, 0.3) is 5.69 Å². The number of ether oxygens (including phenoxy) is 3. The van der Waals surface area contributed by atoms with Gasteiger partial charge in [-0.1, -0.05) is 17.7 Å². The summed E-state index contributed by atoms with van der Waals surface area (Å²) in [5.41, 5.74) is 0.845. The fourth-order valence-corrected chi connectivity index (χ4v) is 3.74. The molecular weight excluding hydrogens is 430 g/mol. The van der Waals surface area contributed by atoms with Gasteiger partial charge in [0.2, 0.25) is 6.79 Å². The van der Waals surface area contributed by atoms with Crippen LogP contribution in [-0.2, 0) is 9.53 Å². The predicted molar refractivity (Wildman–Crippen MR) is 109 cm³/mol. The quantitative estimate of drug-likeness (QED) is 0.432. The zero-order chi connectivity index (χ0) is 22.3. The van der Waals surface area contributed by atoms with Crippen molar-refractivity contribution in [3.8, 4) is 11.5 Å². The van der Waals surface area contributed by atoms with Crippen molar-refractivity contribution in [1.29, 1.82) is 0 Å². The van der Waals surface area contributed by atoms with Gasteiger partial charge < -0.3 is 19.5 Å². The van der Waals surface area contributed by atoms with E-state index in [1.54, 1.807) is 25.1 Å². The Balaban J connectivity index is 1.83. The molecule has 0 radical (unpaired) electrons. The topological polar surface area (TPSA) is 120 Å². The molecular formula is C20H16ClN3O7. The summed E-state index contributed by atoms with van der Waals surface area (Å²) in [4.78, 5) is 37.6. The SMILES string of the molecule is COC(=O)C1=C(C)N(c2ccc3c(c2)OCO3)C(=O)NC1c1ccc(Cl)c([N+](=O)[O-])c1. The molecule has 160 valence electrons. The average molecular weight is 446 g/mol. The van der Waals surface area contributed by atoms with E-state index >= 15 is 0 Å². The smallest absolute Gasteiger partial charge is 0.337 e. The van der Waals surface area contributed by atoms with Gasteiger partial charge in [-0.05, 0) is 30.7 Å². The van der Waals surface area contributed by atoms with Gasteiger partial charge in [0.1, 0.15) is 5.02 Å². The number of esters is 1. The van der Waals surface area contributed by atoms with E-state index < -0.39 is 23.0 Å². The lowest BCUT2D eigenvalue weighted by Gasteiger charge is -2.35. The van der Waals surface area contributed by atoms with Crippen molar-refractivity contribution in [2.24, 2.45) is 0 Å². The zero-order valence-electron chi connectivity index (χ0n) is 16.4. The molecule has 1 atom stereocenters. The van der Waals surface area contributed by atoms with Gasteiger partial charge in [-0.3, -0.25) is 15.0 Å². The maximum Gasteiger partial charge on any atom is 0.337 e. The number of hydrogen-bond donors (Lipinski definition) is 1. The standard InChI is InChI=1S/C20H16ClN3O7/c1-10-17(19(25)29-2)18(11-3-5-13(21)14(7-11)24(27)28)22-20(26)23(10)12-4-6-15-16(8-12)31-9-30-15/h3-8,18H,9H2,1-2H3,(H,22,26).